The first-order valence-electron chi connectivity index (χ1n) is 7.48. The van der Waals surface area contributed by atoms with Gasteiger partial charge in [-0.25, -0.2) is 0 Å². The molecule has 0 spiro atoms. The Hall–Kier alpha value is -1.10. The Morgan fingerprint density at radius 3 is 2.74 bits per heavy atom. The van der Waals surface area contributed by atoms with Crippen molar-refractivity contribution in [3.63, 3.8) is 0 Å². The van der Waals surface area contributed by atoms with Gasteiger partial charge in [0.2, 0.25) is 0 Å². The Balaban J connectivity index is 0.00000264. The van der Waals surface area contributed by atoms with E-state index in [9.17, 15) is 0 Å². The third-order valence-corrected chi connectivity index (χ3v) is 3.38. The first-order chi connectivity index (χ1) is 10.8. The minimum absolute atomic E-state index is 0. The molecule has 0 fully saturated rings. The summed E-state index contributed by atoms with van der Waals surface area (Å²) in [5, 5.41) is 8.69. The second-order valence-electron chi connectivity index (χ2n) is 4.98. The van der Waals surface area contributed by atoms with Crippen LogP contribution in [0.2, 0.25) is 0 Å². The average Bonchev–Trinajstić information content (AvgIpc) is 2.58. The molecule has 1 heterocycles. The van der Waals surface area contributed by atoms with Crippen LogP contribution < -0.4 is 0 Å². The number of hydrogen-bond acceptors (Lipinski definition) is 4. The molecule has 1 aromatic heterocycles. The van der Waals surface area contributed by atoms with E-state index in [1.165, 1.54) is 0 Å². The molecule has 0 aliphatic heterocycles. The Morgan fingerprint density at radius 2 is 2.04 bits per heavy atom. The number of aliphatic hydroxyl groups is 1. The van der Waals surface area contributed by atoms with Crippen LogP contribution >= 0.6 is 0 Å². The van der Waals surface area contributed by atoms with Gasteiger partial charge >= 0.3 is 0 Å². The zero-order chi connectivity index (χ0) is 15.6. The molecule has 0 aliphatic rings. The summed E-state index contributed by atoms with van der Waals surface area (Å²) in [7, 11) is 1.70. The van der Waals surface area contributed by atoms with Crippen molar-refractivity contribution in [3.8, 4) is 11.3 Å². The maximum atomic E-state index is 8.69. The van der Waals surface area contributed by atoms with Crippen molar-refractivity contribution in [1.82, 2.24) is 4.98 Å². The molecule has 1 unspecified atom stereocenters. The van der Waals surface area contributed by atoms with E-state index in [2.05, 4.69) is 11.1 Å². The van der Waals surface area contributed by atoms with Crippen LogP contribution in [0.15, 0.2) is 42.5 Å². The van der Waals surface area contributed by atoms with E-state index in [0.717, 1.165) is 29.8 Å². The number of pyridine rings is 1. The third-order valence-electron chi connectivity index (χ3n) is 3.38. The second kappa shape index (κ2) is 11.4. The van der Waals surface area contributed by atoms with Crippen molar-refractivity contribution in [2.75, 3.05) is 26.9 Å². The molecule has 127 valence electrons. The van der Waals surface area contributed by atoms with Crippen molar-refractivity contribution >= 4 is 0 Å². The molecule has 1 N–H and O–H groups in total. The van der Waals surface area contributed by atoms with E-state index in [0.29, 0.717) is 13.2 Å². The molecule has 0 saturated heterocycles. The van der Waals surface area contributed by atoms with E-state index in [1.54, 1.807) is 7.11 Å². The van der Waals surface area contributed by atoms with Crippen molar-refractivity contribution < 1.29 is 34.7 Å². The van der Waals surface area contributed by atoms with Gasteiger partial charge in [-0.15, -0.1) is 35.9 Å². The van der Waals surface area contributed by atoms with Crippen LogP contribution in [0.25, 0.3) is 11.3 Å². The Kier molecular flexibility index (Phi) is 9.92. The van der Waals surface area contributed by atoms with Gasteiger partial charge in [-0.1, -0.05) is 12.1 Å². The second-order valence-corrected chi connectivity index (χ2v) is 4.98. The summed E-state index contributed by atoms with van der Waals surface area (Å²) in [5.41, 5.74) is 2.90. The molecule has 2 rings (SSSR count). The molecule has 4 nitrogen and oxygen atoms in total. The largest absolute Gasteiger partial charge is 0.394 e. The topological polar surface area (TPSA) is 51.6 Å². The monoisotopic (exact) mass is 493 g/mol. The molecule has 1 radical (unpaired) electrons. The molecule has 23 heavy (non-hydrogen) atoms. The van der Waals surface area contributed by atoms with Gasteiger partial charge in [0.15, 0.2) is 0 Å². The number of methoxy groups -OCH3 is 1. The van der Waals surface area contributed by atoms with Crippen LogP contribution in [0.1, 0.15) is 12.1 Å². The zero-order valence-electron chi connectivity index (χ0n) is 13.2. The minimum atomic E-state index is 0. The van der Waals surface area contributed by atoms with E-state index >= 15 is 0 Å². The standard InChI is InChI=1S/C18H22NO3.Ir/c1-21-17(10-12-22-13-11-20)14-16-8-5-9-18(19-16)15-6-3-2-4-7-15;/h2-6,8-9,17,20H,10-14H2,1H3;/q-1;. The molecule has 1 atom stereocenters. The molecule has 0 bridgehead atoms. The minimum Gasteiger partial charge on any atom is -0.394 e. The Bertz CT molecular complexity index is 551. The van der Waals surface area contributed by atoms with Crippen LogP contribution in [-0.2, 0) is 36.0 Å². The Morgan fingerprint density at radius 1 is 1.17 bits per heavy atom. The maximum absolute atomic E-state index is 8.69. The third kappa shape index (κ3) is 6.90. The van der Waals surface area contributed by atoms with Crippen LogP contribution in [0.4, 0.5) is 0 Å². The van der Waals surface area contributed by atoms with Gasteiger partial charge in [0, 0.05) is 45.9 Å². The Labute approximate surface area is 151 Å². The molecule has 1 aromatic carbocycles. The van der Waals surface area contributed by atoms with Crippen molar-refractivity contribution in [2.45, 2.75) is 18.9 Å². The molecular weight excluding hydrogens is 470 g/mol. The van der Waals surface area contributed by atoms with Crippen LogP contribution in [0, 0.1) is 6.07 Å². The molecule has 2 aromatic rings. The van der Waals surface area contributed by atoms with Gasteiger partial charge in [-0.3, -0.25) is 0 Å². The molecule has 0 amide bonds. The van der Waals surface area contributed by atoms with Gasteiger partial charge in [0.1, 0.15) is 0 Å². The summed E-state index contributed by atoms with van der Waals surface area (Å²) in [6.45, 7) is 0.994. The van der Waals surface area contributed by atoms with Crippen molar-refractivity contribution in [2.24, 2.45) is 0 Å². The molecule has 0 saturated carbocycles. The number of hydrogen-bond donors (Lipinski definition) is 1. The summed E-state index contributed by atoms with van der Waals surface area (Å²) >= 11 is 0. The fraction of sp³-hybridized carbons (Fsp3) is 0.389. The van der Waals surface area contributed by atoms with Crippen molar-refractivity contribution in [3.05, 3.63) is 54.2 Å². The van der Waals surface area contributed by atoms with E-state index in [4.69, 9.17) is 14.6 Å². The summed E-state index contributed by atoms with van der Waals surface area (Å²) < 4.78 is 10.8. The van der Waals surface area contributed by atoms with Gasteiger partial charge < -0.3 is 19.6 Å². The predicted molar refractivity (Wildman–Crippen MR) is 85.5 cm³/mol. The van der Waals surface area contributed by atoms with Gasteiger partial charge in [-0.2, -0.15) is 0 Å². The number of aliphatic hydroxyl groups excluding tert-OH is 1. The van der Waals surface area contributed by atoms with Gasteiger partial charge in [0.05, 0.1) is 19.3 Å². The number of aromatic nitrogens is 1. The molecule has 0 aliphatic carbocycles. The number of ether oxygens (including phenoxy) is 2. The molecule has 5 heteroatoms. The fourth-order valence-electron chi connectivity index (χ4n) is 2.21. The first kappa shape index (κ1) is 19.9. The predicted octanol–water partition coefficient (Wildman–Crippen LogP) is 2.50. The quantitative estimate of drug-likeness (QED) is 0.432. The summed E-state index contributed by atoms with van der Waals surface area (Å²) in [6, 6.07) is 17.0. The summed E-state index contributed by atoms with van der Waals surface area (Å²) in [4.78, 5) is 4.68. The van der Waals surface area contributed by atoms with E-state index in [1.807, 2.05) is 42.5 Å². The van der Waals surface area contributed by atoms with Crippen LogP contribution in [0.5, 0.6) is 0 Å². The fourth-order valence-corrected chi connectivity index (χ4v) is 2.21. The van der Waals surface area contributed by atoms with Crippen LogP contribution in [0.3, 0.4) is 0 Å². The smallest absolute Gasteiger partial charge is 0.0697 e. The maximum Gasteiger partial charge on any atom is 0.0697 e. The number of nitrogens with zero attached hydrogens (tertiary/aromatic N) is 1. The van der Waals surface area contributed by atoms with Gasteiger partial charge in [0.25, 0.3) is 0 Å². The number of benzene rings is 1. The van der Waals surface area contributed by atoms with Crippen LogP contribution in [-0.4, -0.2) is 43.1 Å². The zero-order valence-corrected chi connectivity index (χ0v) is 15.6. The number of rotatable bonds is 9. The van der Waals surface area contributed by atoms with Gasteiger partial charge in [-0.05, 0) is 18.2 Å². The molecular formula is C18H22IrNO3-. The summed E-state index contributed by atoms with van der Waals surface area (Å²) in [5.74, 6) is 0. The van der Waals surface area contributed by atoms with Crippen molar-refractivity contribution in [1.29, 1.82) is 0 Å². The first-order valence-corrected chi connectivity index (χ1v) is 7.48. The normalized spacial score (nSPS) is 11.7. The van der Waals surface area contributed by atoms with E-state index in [-0.39, 0.29) is 32.8 Å². The summed E-state index contributed by atoms with van der Waals surface area (Å²) in [6.07, 6.45) is 1.57. The average molecular weight is 493 g/mol. The SMILES string of the molecule is COC(CCOCCO)Cc1cccc(-c2[c-]cccc2)n1.[Ir]. The van der Waals surface area contributed by atoms with E-state index < -0.39 is 0 Å².